The standard InChI is InChI=1S/C17H16N4O4S/c1-18-16(22)21-14-9-8-12(26(24)11-6-4-3-5-7-11)10-13(14)19-15(21)20-17(23)25-2/h3-10H,1-2H3,(H,18,22)(H,19,20,23). The van der Waals surface area contributed by atoms with Crippen LogP contribution in [0.2, 0.25) is 0 Å². The lowest BCUT2D eigenvalue weighted by Crippen LogP contribution is -2.27. The van der Waals surface area contributed by atoms with Crippen LogP contribution in [0, 0.1) is 0 Å². The lowest BCUT2D eigenvalue weighted by Gasteiger charge is -2.07. The molecule has 1 heterocycles. The second-order valence-electron chi connectivity index (χ2n) is 5.17. The molecule has 0 fully saturated rings. The Morgan fingerprint density at radius 3 is 2.50 bits per heavy atom. The van der Waals surface area contributed by atoms with Gasteiger partial charge in [-0.25, -0.2) is 23.3 Å². The molecule has 0 saturated carbocycles. The molecule has 2 aromatic carbocycles. The number of methoxy groups -OCH3 is 1. The monoisotopic (exact) mass is 372 g/mol. The van der Waals surface area contributed by atoms with Crippen molar-refractivity contribution < 1.29 is 18.5 Å². The van der Waals surface area contributed by atoms with Crippen molar-refractivity contribution in [3.8, 4) is 0 Å². The maximum absolute atomic E-state index is 12.7. The summed E-state index contributed by atoms with van der Waals surface area (Å²) in [5.41, 5.74) is 0.881. The number of benzene rings is 2. The van der Waals surface area contributed by atoms with E-state index < -0.39 is 22.9 Å². The summed E-state index contributed by atoms with van der Waals surface area (Å²) in [7, 11) is 1.29. The maximum atomic E-state index is 12.7. The first-order valence-corrected chi connectivity index (χ1v) is 8.76. The number of aromatic nitrogens is 2. The number of carbonyl (C=O) groups is 2. The highest BCUT2D eigenvalue weighted by molar-refractivity contribution is 7.85. The Labute approximate surface area is 151 Å². The zero-order valence-corrected chi connectivity index (χ0v) is 14.9. The van der Waals surface area contributed by atoms with Crippen molar-refractivity contribution in [3.05, 3.63) is 48.5 Å². The molecule has 1 aromatic heterocycles. The van der Waals surface area contributed by atoms with E-state index >= 15 is 0 Å². The van der Waals surface area contributed by atoms with E-state index in [2.05, 4.69) is 20.4 Å². The summed E-state index contributed by atoms with van der Waals surface area (Å²) >= 11 is 0. The van der Waals surface area contributed by atoms with Crippen LogP contribution in [-0.2, 0) is 15.5 Å². The first-order chi connectivity index (χ1) is 12.5. The van der Waals surface area contributed by atoms with Crippen LogP contribution >= 0.6 is 0 Å². The molecule has 0 spiro atoms. The van der Waals surface area contributed by atoms with E-state index in [9.17, 15) is 13.8 Å². The van der Waals surface area contributed by atoms with Gasteiger partial charge in [0.2, 0.25) is 5.95 Å². The predicted molar refractivity (Wildman–Crippen MR) is 96.7 cm³/mol. The lowest BCUT2D eigenvalue weighted by molar-refractivity contribution is 0.186. The molecular weight excluding hydrogens is 356 g/mol. The number of imidazole rings is 1. The Balaban J connectivity index is 2.08. The number of nitrogens with zero attached hydrogens (tertiary/aromatic N) is 2. The van der Waals surface area contributed by atoms with E-state index in [4.69, 9.17) is 0 Å². The molecule has 0 saturated heterocycles. The number of carbonyl (C=O) groups excluding carboxylic acids is 2. The highest BCUT2D eigenvalue weighted by Crippen LogP contribution is 2.24. The van der Waals surface area contributed by atoms with E-state index in [1.54, 1.807) is 30.3 Å². The molecule has 2 amide bonds. The van der Waals surface area contributed by atoms with Crippen molar-refractivity contribution in [3.63, 3.8) is 0 Å². The quantitative estimate of drug-likeness (QED) is 0.736. The normalized spacial score (nSPS) is 11.8. The van der Waals surface area contributed by atoms with Gasteiger partial charge in [0.1, 0.15) is 0 Å². The minimum absolute atomic E-state index is 0.00819. The third-order valence-electron chi connectivity index (χ3n) is 3.61. The number of nitrogens with one attached hydrogen (secondary N) is 2. The smallest absolute Gasteiger partial charge is 0.413 e. The van der Waals surface area contributed by atoms with Crippen LogP contribution in [0.25, 0.3) is 11.0 Å². The van der Waals surface area contributed by atoms with Gasteiger partial charge in [-0.3, -0.25) is 5.32 Å². The average molecular weight is 372 g/mol. The number of amides is 2. The zero-order valence-electron chi connectivity index (χ0n) is 14.1. The third kappa shape index (κ3) is 3.29. The predicted octanol–water partition coefficient (Wildman–Crippen LogP) is 2.57. The van der Waals surface area contributed by atoms with Crippen molar-refractivity contribution in [2.75, 3.05) is 19.5 Å². The summed E-state index contributed by atoms with van der Waals surface area (Å²) in [6, 6.07) is 13.5. The number of hydrogen-bond acceptors (Lipinski definition) is 5. The van der Waals surface area contributed by atoms with Crippen LogP contribution in [0.15, 0.2) is 58.3 Å². The average Bonchev–Trinajstić information content (AvgIpc) is 3.04. The summed E-state index contributed by atoms with van der Waals surface area (Å²) in [4.78, 5) is 29.2. The first kappa shape index (κ1) is 17.6. The second kappa shape index (κ2) is 7.36. The molecule has 9 heteroatoms. The minimum atomic E-state index is -1.39. The van der Waals surface area contributed by atoms with E-state index in [-0.39, 0.29) is 5.95 Å². The molecule has 0 aliphatic heterocycles. The fourth-order valence-electron chi connectivity index (χ4n) is 2.40. The summed E-state index contributed by atoms with van der Waals surface area (Å²) in [6.45, 7) is 0. The molecule has 26 heavy (non-hydrogen) atoms. The van der Waals surface area contributed by atoms with Gasteiger partial charge in [0.15, 0.2) is 0 Å². The Bertz CT molecular complexity index is 1000. The maximum Gasteiger partial charge on any atom is 0.413 e. The van der Waals surface area contributed by atoms with Crippen molar-refractivity contribution in [2.24, 2.45) is 0 Å². The molecular formula is C17H16N4O4S. The van der Waals surface area contributed by atoms with Gasteiger partial charge in [-0.15, -0.1) is 0 Å². The molecule has 8 nitrogen and oxygen atoms in total. The Morgan fingerprint density at radius 1 is 1.12 bits per heavy atom. The molecule has 2 N–H and O–H groups in total. The van der Waals surface area contributed by atoms with Crippen LogP contribution in [0.4, 0.5) is 15.5 Å². The van der Waals surface area contributed by atoms with Crippen molar-refractivity contribution in [2.45, 2.75) is 9.79 Å². The fourth-order valence-corrected chi connectivity index (χ4v) is 3.49. The molecule has 0 aliphatic carbocycles. The van der Waals surface area contributed by atoms with Crippen LogP contribution < -0.4 is 10.6 Å². The van der Waals surface area contributed by atoms with Crippen molar-refractivity contribution in [1.82, 2.24) is 14.9 Å². The SMILES string of the molecule is CNC(=O)n1c(NC(=O)OC)nc2cc(S(=O)c3ccccc3)ccc21. The van der Waals surface area contributed by atoms with Gasteiger partial charge < -0.3 is 10.1 Å². The van der Waals surface area contributed by atoms with Gasteiger partial charge >= 0.3 is 12.1 Å². The van der Waals surface area contributed by atoms with E-state index in [0.29, 0.717) is 20.8 Å². The molecule has 3 aromatic rings. The topological polar surface area (TPSA) is 102 Å². The van der Waals surface area contributed by atoms with Crippen LogP contribution in [0.1, 0.15) is 0 Å². The Hall–Kier alpha value is -3.20. The van der Waals surface area contributed by atoms with Crippen molar-refractivity contribution >= 4 is 39.9 Å². The van der Waals surface area contributed by atoms with Crippen LogP contribution in [0.5, 0.6) is 0 Å². The Kier molecular flexibility index (Phi) is 4.99. The van der Waals surface area contributed by atoms with E-state index in [0.717, 1.165) is 0 Å². The largest absolute Gasteiger partial charge is 0.453 e. The number of hydrogen-bond donors (Lipinski definition) is 2. The fraction of sp³-hybridized carbons (Fsp3) is 0.118. The molecule has 134 valence electrons. The second-order valence-corrected chi connectivity index (χ2v) is 6.66. The van der Waals surface area contributed by atoms with Gasteiger partial charge in [0, 0.05) is 16.8 Å². The molecule has 0 radical (unpaired) electrons. The molecule has 0 bridgehead atoms. The summed E-state index contributed by atoms with van der Waals surface area (Å²) < 4.78 is 18.5. The number of fused-ring (bicyclic) bond motifs is 1. The third-order valence-corrected chi connectivity index (χ3v) is 5.00. The molecule has 1 unspecified atom stereocenters. The molecule has 0 aliphatic rings. The van der Waals surface area contributed by atoms with Gasteiger partial charge in [-0.2, -0.15) is 0 Å². The highest BCUT2D eigenvalue weighted by atomic mass is 32.2. The molecule has 3 rings (SSSR count). The van der Waals surface area contributed by atoms with E-state index in [1.807, 2.05) is 18.2 Å². The van der Waals surface area contributed by atoms with Crippen LogP contribution in [0.3, 0.4) is 0 Å². The van der Waals surface area contributed by atoms with Crippen molar-refractivity contribution in [1.29, 1.82) is 0 Å². The zero-order chi connectivity index (χ0) is 18.7. The Morgan fingerprint density at radius 2 is 1.85 bits per heavy atom. The highest BCUT2D eigenvalue weighted by Gasteiger charge is 2.19. The van der Waals surface area contributed by atoms with Gasteiger partial charge in [-0.05, 0) is 30.3 Å². The van der Waals surface area contributed by atoms with Crippen LogP contribution in [-0.4, -0.2) is 40.0 Å². The number of anilines is 1. The molecule has 1 atom stereocenters. The number of ether oxygens (including phenoxy) is 1. The summed E-state index contributed by atoms with van der Waals surface area (Å²) in [5, 5.41) is 4.89. The first-order valence-electron chi connectivity index (χ1n) is 7.61. The van der Waals surface area contributed by atoms with Gasteiger partial charge in [0.25, 0.3) is 0 Å². The number of rotatable bonds is 3. The summed E-state index contributed by atoms with van der Waals surface area (Å²) in [6.07, 6.45) is -0.751. The van der Waals surface area contributed by atoms with E-state index in [1.165, 1.54) is 18.7 Å². The lowest BCUT2D eigenvalue weighted by atomic mass is 10.3. The minimum Gasteiger partial charge on any atom is -0.453 e. The van der Waals surface area contributed by atoms with Gasteiger partial charge in [0.05, 0.1) is 28.9 Å². The summed E-state index contributed by atoms with van der Waals surface area (Å²) in [5.74, 6) is 0.00819. The van der Waals surface area contributed by atoms with Gasteiger partial charge in [-0.1, -0.05) is 18.2 Å².